The lowest BCUT2D eigenvalue weighted by Gasteiger charge is -2.12. The fraction of sp³-hybridized carbons (Fsp3) is 0.111. The van der Waals surface area contributed by atoms with Gasteiger partial charge in [-0.1, -0.05) is 17.7 Å². The highest BCUT2D eigenvalue weighted by Gasteiger charge is 2.33. The molecule has 0 bridgehead atoms. The maximum atomic E-state index is 13.0. The summed E-state index contributed by atoms with van der Waals surface area (Å²) in [7, 11) is 1.56. The molecule has 0 spiro atoms. The first kappa shape index (κ1) is 18.8. The van der Waals surface area contributed by atoms with E-state index in [4.69, 9.17) is 16.3 Å². The fourth-order valence-electron chi connectivity index (χ4n) is 2.29. The van der Waals surface area contributed by atoms with E-state index in [1.165, 1.54) is 18.3 Å². The molecule has 3 rings (SSSR count). The maximum absolute atomic E-state index is 13.0. The molecule has 0 fully saturated rings. The van der Waals surface area contributed by atoms with Crippen LogP contribution in [0.4, 0.5) is 36.3 Å². The summed E-state index contributed by atoms with van der Waals surface area (Å²) < 4.78 is 44.1. The Morgan fingerprint density at radius 1 is 1.00 bits per heavy atom. The number of aromatic nitrogens is 2. The van der Waals surface area contributed by atoms with E-state index in [1.54, 1.807) is 37.4 Å². The molecule has 0 aliphatic heterocycles. The summed E-state index contributed by atoms with van der Waals surface area (Å²) in [6.07, 6.45) is -3.06. The molecule has 1 heterocycles. The van der Waals surface area contributed by atoms with Crippen molar-refractivity contribution in [2.24, 2.45) is 0 Å². The van der Waals surface area contributed by atoms with Gasteiger partial charge in [0.25, 0.3) is 0 Å². The van der Waals surface area contributed by atoms with Crippen molar-refractivity contribution in [3.63, 3.8) is 0 Å². The molecule has 5 nitrogen and oxygen atoms in total. The largest absolute Gasteiger partial charge is 0.497 e. The van der Waals surface area contributed by atoms with Gasteiger partial charge in [0.1, 0.15) is 11.6 Å². The number of halogens is 4. The molecule has 2 aromatic carbocycles. The van der Waals surface area contributed by atoms with Crippen molar-refractivity contribution < 1.29 is 17.9 Å². The van der Waals surface area contributed by atoms with Gasteiger partial charge in [-0.05, 0) is 36.4 Å². The zero-order valence-corrected chi connectivity index (χ0v) is 14.8. The van der Waals surface area contributed by atoms with Crippen molar-refractivity contribution in [3.05, 3.63) is 65.3 Å². The van der Waals surface area contributed by atoms with Crippen LogP contribution < -0.4 is 15.4 Å². The summed E-state index contributed by atoms with van der Waals surface area (Å²) in [5.74, 6) is 1.26. The molecule has 0 saturated heterocycles. The molecule has 0 aliphatic rings. The Morgan fingerprint density at radius 3 is 2.52 bits per heavy atom. The number of anilines is 4. The van der Waals surface area contributed by atoms with Crippen LogP contribution in [-0.4, -0.2) is 17.1 Å². The van der Waals surface area contributed by atoms with Crippen LogP contribution in [0.25, 0.3) is 0 Å². The van der Waals surface area contributed by atoms with Crippen LogP contribution in [0.3, 0.4) is 0 Å². The second kappa shape index (κ2) is 7.71. The van der Waals surface area contributed by atoms with Crippen molar-refractivity contribution >= 4 is 34.7 Å². The average Bonchev–Trinajstić information content (AvgIpc) is 2.63. The molecule has 9 heteroatoms. The van der Waals surface area contributed by atoms with Gasteiger partial charge in [0.05, 0.1) is 17.7 Å². The molecule has 0 radical (unpaired) electrons. The molecule has 27 heavy (non-hydrogen) atoms. The Morgan fingerprint density at radius 2 is 1.78 bits per heavy atom. The molecular weight excluding hydrogens is 381 g/mol. The Labute approximate surface area is 158 Å². The first-order valence-electron chi connectivity index (χ1n) is 7.73. The van der Waals surface area contributed by atoms with Crippen LogP contribution in [0.5, 0.6) is 5.75 Å². The third-order valence-corrected chi connectivity index (χ3v) is 3.86. The molecule has 140 valence electrons. The molecular formula is C18H14ClF3N4O. The van der Waals surface area contributed by atoms with Crippen LogP contribution >= 0.6 is 11.6 Å². The zero-order valence-electron chi connectivity index (χ0n) is 14.0. The van der Waals surface area contributed by atoms with Gasteiger partial charge in [-0.15, -0.1) is 0 Å². The van der Waals surface area contributed by atoms with E-state index >= 15 is 0 Å². The van der Waals surface area contributed by atoms with E-state index in [1.807, 2.05) is 0 Å². The van der Waals surface area contributed by atoms with E-state index < -0.39 is 11.7 Å². The number of alkyl halides is 3. The third kappa shape index (κ3) is 4.79. The Balaban J connectivity index is 1.80. The minimum absolute atomic E-state index is 0.206. The molecule has 0 atom stereocenters. The Kier molecular flexibility index (Phi) is 5.36. The lowest BCUT2D eigenvalue weighted by atomic mass is 10.2. The zero-order chi connectivity index (χ0) is 19.4. The lowest BCUT2D eigenvalue weighted by Crippen LogP contribution is -2.07. The van der Waals surface area contributed by atoms with Gasteiger partial charge in [-0.3, -0.25) is 0 Å². The molecule has 0 aliphatic carbocycles. The lowest BCUT2D eigenvalue weighted by molar-refractivity contribution is -0.137. The number of benzene rings is 2. The van der Waals surface area contributed by atoms with Crippen LogP contribution in [0.1, 0.15) is 5.56 Å². The van der Waals surface area contributed by atoms with Gasteiger partial charge in [-0.25, -0.2) is 4.98 Å². The van der Waals surface area contributed by atoms with Gasteiger partial charge < -0.3 is 15.4 Å². The van der Waals surface area contributed by atoms with Crippen LogP contribution in [0.2, 0.25) is 5.02 Å². The quantitative estimate of drug-likeness (QED) is 0.586. The number of hydrogen-bond donors (Lipinski definition) is 2. The highest BCUT2D eigenvalue weighted by molar-refractivity contribution is 6.31. The molecule has 3 aromatic rings. The van der Waals surface area contributed by atoms with Gasteiger partial charge in [0.15, 0.2) is 0 Å². The summed E-state index contributed by atoms with van der Waals surface area (Å²) >= 11 is 5.63. The molecule has 2 N–H and O–H groups in total. The number of methoxy groups -OCH3 is 1. The summed E-state index contributed by atoms with van der Waals surface area (Å²) in [6, 6.07) is 12.3. The summed E-state index contributed by atoms with van der Waals surface area (Å²) in [5, 5.41) is 5.46. The number of nitrogens with one attached hydrogen (secondary N) is 2. The van der Waals surface area contributed by atoms with E-state index in [0.717, 1.165) is 6.07 Å². The summed E-state index contributed by atoms with van der Waals surface area (Å²) in [6.45, 7) is 0. The Hall–Kier alpha value is -3.00. The van der Waals surface area contributed by atoms with Gasteiger partial charge >= 0.3 is 6.18 Å². The third-order valence-electron chi connectivity index (χ3n) is 3.53. The molecule has 1 aromatic heterocycles. The van der Waals surface area contributed by atoms with Gasteiger partial charge in [0.2, 0.25) is 5.95 Å². The first-order chi connectivity index (χ1) is 12.8. The van der Waals surface area contributed by atoms with E-state index in [0.29, 0.717) is 17.3 Å². The van der Waals surface area contributed by atoms with E-state index in [9.17, 15) is 13.2 Å². The van der Waals surface area contributed by atoms with Crippen LogP contribution in [-0.2, 0) is 6.18 Å². The smallest absolute Gasteiger partial charge is 0.417 e. The van der Waals surface area contributed by atoms with E-state index in [2.05, 4.69) is 20.6 Å². The number of ether oxygens (including phenoxy) is 1. The van der Waals surface area contributed by atoms with Crippen LogP contribution in [0, 0.1) is 0 Å². The van der Waals surface area contributed by atoms with Crippen molar-refractivity contribution in [1.29, 1.82) is 0 Å². The monoisotopic (exact) mass is 394 g/mol. The molecule has 0 unspecified atom stereocenters. The predicted octanol–water partition coefficient (Wildman–Crippen LogP) is 5.64. The van der Waals surface area contributed by atoms with E-state index in [-0.39, 0.29) is 16.7 Å². The average molecular weight is 395 g/mol. The highest BCUT2D eigenvalue weighted by atomic mass is 35.5. The van der Waals surface area contributed by atoms with Crippen molar-refractivity contribution in [2.75, 3.05) is 17.7 Å². The molecule has 0 saturated carbocycles. The number of hydrogen-bond acceptors (Lipinski definition) is 5. The minimum Gasteiger partial charge on any atom is -0.497 e. The molecule has 0 amide bonds. The van der Waals surface area contributed by atoms with Crippen molar-refractivity contribution in [2.45, 2.75) is 6.18 Å². The topological polar surface area (TPSA) is 59.1 Å². The second-order valence-corrected chi connectivity index (χ2v) is 5.85. The number of rotatable bonds is 5. The normalized spacial score (nSPS) is 11.1. The Bertz CT molecular complexity index is 950. The second-order valence-electron chi connectivity index (χ2n) is 5.44. The predicted molar refractivity (Wildman–Crippen MR) is 98.0 cm³/mol. The SMILES string of the molecule is COc1cccc(Nc2nccc(Nc3ccc(Cl)c(C(F)(F)F)c3)n2)c1. The maximum Gasteiger partial charge on any atom is 0.417 e. The van der Waals surface area contributed by atoms with Crippen molar-refractivity contribution in [1.82, 2.24) is 9.97 Å². The van der Waals surface area contributed by atoms with Gasteiger partial charge in [-0.2, -0.15) is 18.2 Å². The van der Waals surface area contributed by atoms with Gasteiger partial charge in [0, 0.05) is 23.6 Å². The van der Waals surface area contributed by atoms with Crippen molar-refractivity contribution in [3.8, 4) is 5.75 Å². The fourth-order valence-corrected chi connectivity index (χ4v) is 2.51. The highest BCUT2D eigenvalue weighted by Crippen LogP contribution is 2.36. The number of nitrogens with zero attached hydrogens (tertiary/aromatic N) is 2. The standard InChI is InChI=1S/C18H14ClF3N4O/c1-27-13-4-2-3-11(9-13)25-17-23-8-7-16(26-17)24-12-5-6-15(19)14(10-12)18(20,21)22/h2-10H,1H3,(H2,23,24,25,26). The summed E-state index contributed by atoms with van der Waals surface area (Å²) in [5.41, 5.74) is -0.00643. The van der Waals surface area contributed by atoms with Crippen LogP contribution in [0.15, 0.2) is 54.7 Å². The first-order valence-corrected chi connectivity index (χ1v) is 8.11. The summed E-state index contributed by atoms with van der Waals surface area (Å²) in [4.78, 5) is 8.34. The minimum atomic E-state index is -4.54.